The molecule has 8 heteroatoms. The third-order valence-electron chi connectivity index (χ3n) is 8.06. The SMILES string of the molecule is Cc1ccc(N2C(=O)[C@@H]3[C@H]4C[C@@H]([C@@H]3C2=O)[C@@H]2[C@@H](c3cccnc3)c3sc(=O)[nH]c3S[C@@H]42)cc1. The summed E-state index contributed by atoms with van der Waals surface area (Å²) in [6.45, 7) is 2.00. The fourth-order valence-corrected chi connectivity index (χ4v) is 9.79. The first kappa shape index (κ1) is 19.7. The number of imide groups is 1. The van der Waals surface area contributed by atoms with Gasteiger partial charge in [0.05, 0.1) is 22.5 Å². The summed E-state index contributed by atoms with van der Waals surface area (Å²) < 4.78 is 0. The summed E-state index contributed by atoms with van der Waals surface area (Å²) in [4.78, 5) is 49.3. The Kier molecular flexibility index (Phi) is 4.13. The molecule has 6 nitrogen and oxygen atoms in total. The van der Waals surface area contributed by atoms with Gasteiger partial charge in [0.2, 0.25) is 11.8 Å². The first-order valence-corrected chi connectivity index (χ1v) is 13.0. The lowest BCUT2D eigenvalue weighted by Gasteiger charge is -2.42. The Balaban J connectivity index is 1.33. The summed E-state index contributed by atoms with van der Waals surface area (Å²) in [6, 6.07) is 11.6. The number of thiazole rings is 1. The molecule has 0 unspecified atom stereocenters. The van der Waals surface area contributed by atoms with Crippen molar-refractivity contribution in [1.29, 1.82) is 0 Å². The van der Waals surface area contributed by atoms with E-state index >= 15 is 0 Å². The maximum atomic E-state index is 13.7. The summed E-state index contributed by atoms with van der Waals surface area (Å²) in [5, 5.41) is 1.13. The third kappa shape index (κ3) is 2.62. The van der Waals surface area contributed by atoms with E-state index in [9.17, 15) is 14.4 Å². The number of anilines is 1. The fraction of sp³-hybridized carbons (Fsp3) is 0.360. The van der Waals surface area contributed by atoms with Gasteiger partial charge in [-0.15, -0.1) is 11.8 Å². The number of carbonyl (C=O) groups is 2. The van der Waals surface area contributed by atoms with Gasteiger partial charge in [0.25, 0.3) is 0 Å². The molecule has 1 aromatic carbocycles. The molecular weight excluding hydrogens is 454 g/mol. The van der Waals surface area contributed by atoms with Gasteiger partial charge in [-0.3, -0.25) is 24.3 Å². The lowest BCUT2D eigenvalue weighted by atomic mass is 9.68. The number of fused-ring (bicyclic) bond motifs is 9. The average Bonchev–Trinajstić information content (AvgIpc) is 3.54. The van der Waals surface area contributed by atoms with Crippen molar-refractivity contribution in [2.24, 2.45) is 29.6 Å². The second kappa shape index (κ2) is 6.90. The Morgan fingerprint density at radius 1 is 1.03 bits per heavy atom. The molecular formula is C25H21N3O3S2. The molecule has 2 bridgehead atoms. The van der Waals surface area contributed by atoms with Gasteiger partial charge in [0.15, 0.2) is 0 Å². The third-order valence-corrected chi connectivity index (χ3v) is 10.6. The van der Waals surface area contributed by atoms with Crippen molar-refractivity contribution in [2.45, 2.75) is 29.5 Å². The maximum absolute atomic E-state index is 13.7. The first-order valence-electron chi connectivity index (χ1n) is 11.3. The van der Waals surface area contributed by atoms with Crippen LogP contribution in [0.2, 0.25) is 0 Å². The van der Waals surface area contributed by atoms with Crippen LogP contribution >= 0.6 is 23.1 Å². The van der Waals surface area contributed by atoms with Crippen LogP contribution in [0.5, 0.6) is 0 Å². The van der Waals surface area contributed by atoms with Crippen LogP contribution in [0.25, 0.3) is 0 Å². The molecule has 1 saturated heterocycles. The van der Waals surface area contributed by atoms with E-state index in [2.05, 4.69) is 16.0 Å². The van der Waals surface area contributed by atoms with Gasteiger partial charge >= 0.3 is 4.87 Å². The van der Waals surface area contributed by atoms with Crippen molar-refractivity contribution in [3.8, 4) is 0 Å². The van der Waals surface area contributed by atoms with E-state index in [1.807, 2.05) is 43.5 Å². The topological polar surface area (TPSA) is 83.1 Å². The molecule has 4 heterocycles. The molecule has 2 amide bonds. The van der Waals surface area contributed by atoms with Crippen LogP contribution in [0, 0.1) is 36.5 Å². The number of nitrogens with zero attached hydrogens (tertiary/aromatic N) is 2. The predicted molar refractivity (Wildman–Crippen MR) is 126 cm³/mol. The largest absolute Gasteiger partial charge is 0.307 e. The molecule has 3 aromatic rings. The highest BCUT2D eigenvalue weighted by molar-refractivity contribution is 8.00. The van der Waals surface area contributed by atoms with Gasteiger partial charge in [-0.2, -0.15) is 0 Å². The van der Waals surface area contributed by atoms with Gasteiger partial charge < -0.3 is 4.98 Å². The second-order valence-electron chi connectivity index (χ2n) is 9.59. The number of aryl methyl sites for hydroxylation is 1. The number of aromatic amines is 1. The highest BCUT2D eigenvalue weighted by Gasteiger charge is 2.69. The van der Waals surface area contributed by atoms with Crippen molar-refractivity contribution in [2.75, 3.05) is 4.90 Å². The molecule has 7 rings (SSSR count). The number of aromatic nitrogens is 2. The van der Waals surface area contributed by atoms with Gasteiger partial charge in [-0.25, -0.2) is 0 Å². The highest BCUT2D eigenvalue weighted by atomic mass is 32.2. The number of benzene rings is 1. The first-order chi connectivity index (χ1) is 16.0. The Labute approximate surface area is 198 Å². The zero-order valence-electron chi connectivity index (χ0n) is 17.8. The van der Waals surface area contributed by atoms with E-state index in [4.69, 9.17) is 0 Å². The number of amides is 2. The number of H-pyrrole nitrogens is 1. The van der Waals surface area contributed by atoms with Crippen LogP contribution in [0.1, 0.15) is 28.3 Å². The van der Waals surface area contributed by atoms with E-state index in [0.29, 0.717) is 5.69 Å². The van der Waals surface area contributed by atoms with Crippen molar-refractivity contribution < 1.29 is 9.59 Å². The van der Waals surface area contributed by atoms with Crippen LogP contribution in [-0.2, 0) is 9.59 Å². The zero-order chi connectivity index (χ0) is 22.4. The predicted octanol–water partition coefficient (Wildman–Crippen LogP) is 3.82. The lowest BCUT2D eigenvalue weighted by Crippen LogP contribution is -2.42. The molecule has 0 radical (unpaired) electrons. The standard InChI is InChI=1S/C25H21N3O3S2/c1-11-4-6-13(7-5-11)28-23(29)18-14-9-15(19(18)24(28)30)20-17(14)16(12-3-2-8-26-10-12)21-22(32-20)27-25(31)33-21/h2-8,10,14-20H,9H2,1H3,(H,27,31)/t14-,15-,16-,17-,18+,19-,20+/m1/s1. The average molecular weight is 476 g/mol. The van der Waals surface area contributed by atoms with E-state index in [1.165, 1.54) is 16.2 Å². The smallest absolute Gasteiger partial charge is 0.305 e. The van der Waals surface area contributed by atoms with Crippen LogP contribution in [0.3, 0.4) is 0 Å². The van der Waals surface area contributed by atoms with E-state index in [-0.39, 0.29) is 57.4 Å². The van der Waals surface area contributed by atoms with Crippen molar-refractivity contribution in [1.82, 2.24) is 9.97 Å². The number of hydrogen-bond donors (Lipinski definition) is 1. The maximum Gasteiger partial charge on any atom is 0.305 e. The molecule has 2 aliphatic heterocycles. The number of pyridine rings is 1. The number of carbonyl (C=O) groups excluding carboxylic acids is 2. The minimum atomic E-state index is -0.276. The minimum absolute atomic E-state index is 0.0242. The number of rotatable bonds is 2. The van der Waals surface area contributed by atoms with E-state index in [0.717, 1.165) is 27.5 Å². The van der Waals surface area contributed by atoms with E-state index in [1.54, 1.807) is 18.0 Å². The molecule has 2 aromatic heterocycles. The lowest BCUT2D eigenvalue weighted by molar-refractivity contribution is -0.123. The van der Waals surface area contributed by atoms with Gasteiger partial charge in [0, 0.05) is 28.4 Å². The summed E-state index contributed by atoms with van der Waals surface area (Å²) >= 11 is 2.99. The summed E-state index contributed by atoms with van der Waals surface area (Å²) in [5.74, 6) is -0.153. The van der Waals surface area contributed by atoms with E-state index < -0.39 is 0 Å². The Morgan fingerprint density at radius 3 is 2.52 bits per heavy atom. The normalized spacial score (nSPS) is 33.8. The molecule has 166 valence electrons. The molecule has 1 N–H and O–H groups in total. The number of hydrogen-bond acceptors (Lipinski definition) is 6. The second-order valence-corrected chi connectivity index (χ2v) is 11.8. The Bertz CT molecular complexity index is 1350. The summed E-state index contributed by atoms with van der Waals surface area (Å²) in [6.07, 6.45) is 4.54. The van der Waals surface area contributed by atoms with Gasteiger partial charge in [-0.05, 0) is 54.9 Å². The summed E-state index contributed by atoms with van der Waals surface area (Å²) in [5.41, 5.74) is 2.85. The van der Waals surface area contributed by atoms with Crippen molar-refractivity contribution in [3.05, 3.63) is 74.5 Å². The summed E-state index contributed by atoms with van der Waals surface area (Å²) in [7, 11) is 0. The van der Waals surface area contributed by atoms with Crippen LogP contribution in [0.15, 0.2) is 58.6 Å². The molecule has 0 spiro atoms. The molecule has 2 saturated carbocycles. The molecule has 2 aliphatic carbocycles. The zero-order valence-corrected chi connectivity index (χ0v) is 19.4. The molecule has 4 aliphatic rings. The number of thioether (sulfide) groups is 1. The monoisotopic (exact) mass is 475 g/mol. The Morgan fingerprint density at radius 2 is 1.79 bits per heavy atom. The molecule has 7 atom stereocenters. The van der Waals surface area contributed by atoms with Crippen LogP contribution in [0.4, 0.5) is 5.69 Å². The van der Waals surface area contributed by atoms with Crippen LogP contribution < -0.4 is 9.77 Å². The molecule has 33 heavy (non-hydrogen) atoms. The quantitative estimate of drug-likeness (QED) is 0.570. The highest BCUT2D eigenvalue weighted by Crippen LogP contribution is 2.68. The number of nitrogens with one attached hydrogen (secondary N) is 1. The van der Waals surface area contributed by atoms with Crippen molar-refractivity contribution in [3.63, 3.8) is 0 Å². The minimum Gasteiger partial charge on any atom is -0.307 e. The van der Waals surface area contributed by atoms with Crippen molar-refractivity contribution >= 4 is 40.6 Å². The molecule has 3 fully saturated rings. The fourth-order valence-electron chi connectivity index (χ4n) is 6.90. The van der Waals surface area contributed by atoms with Crippen LogP contribution in [-0.4, -0.2) is 27.0 Å². The van der Waals surface area contributed by atoms with Gasteiger partial charge in [0.1, 0.15) is 0 Å². The Hall–Kier alpha value is -2.71. The van der Waals surface area contributed by atoms with Gasteiger partial charge in [-0.1, -0.05) is 35.1 Å².